The van der Waals surface area contributed by atoms with E-state index in [2.05, 4.69) is 0 Å². The number of nitrogens with two attached hydrogens (primary N) is 1. The molecule has 0 heterocycles. The van der Waals surface area contributed by atoms with Gasteiger partial charge in [-0.25, -0.2) is 4.39 Å². The van der Waals surface area contributed by atoms with E-state index in [1.54, 1.807) is 12.1 Å². The fourth-order valence-corrected chi connectivity index (χ4v) is 1.66. The molecule has 0 radical (unpaired) electrons. The molecule has 1 aliphatic rings. The molecule has 82 valence electrons. The Labute approximate surface area is 89.2 Å². The molecule has 1 aromatic rings. The van der Waals surface area contributed by atoms with Crippen LogP contribution in [0, 0.1) is 11.7 Å². The third-order valence-corrected chi connectivity index (χ3v) is 2.95. The molecule has 2 nitrogen and oxygen atoms in total. The first-order valence-corrected chi connectivity index (χ1v) is 5.41. The summed E-state index contributed by atoms with van der Waals surface area (Å²) in [7, 11) is 0. The van der Waals surface area contributed by atoms with Crippen LogP contribution >= 0.6 is 0 Å². The molecule has 0 bridgehead atoms. The molecule has 0 saturated heterocycles. The maximum Gasteiger partial charge on any atom is 0.131 e. The van der Waals surface area contributed by atoms with Crippen molar-refractivity contribution in [2.45, 2.75) is 25.8 Å². The lowest BCUT2D eigenvalue weighted by Crippen LogP contribution is -2.19. The SMILES string of the molecule is NCc1ccc(OCC2CCC2)cc1F. The van der Waals surface area contributed by atoms with Crippen molar-refractivity contribution >= 4 is 0 Å². The summed E-state index contributed by atoms with van der Waals surface area (Å²) in [5.41, 5.74) is 5.91. The Kier molecular flexibility index (Phi) is 3.21. The van der Waals surface area contributed by atoms with Crippen molar-refractivity contribution in [3.8, 4) is 5.75 Å². The Hall–Kier alpha value is -1.09. The van der Waals surface area contributed by atoms with Crippen molar-refractivity contribution in [1.82, 2.24) is 0 Å². The van der Waals surface area contributed by atoms with Gasteiger partial charge in [0.1, 0.15) is 11.6 Å². The quantitative estimate of drug-likeness (QED) is 0.826. The molecule has 0 amide bonds. The lowest BCUT2D eigenvalue weighted by Gasteiger charge is -2.25. The average Bonchev–Trinajstić information content (AvgIpc) is 2.16. The second kappa shape index (κ2) is 4.62. The minimum Gasteiger partial charge on any atom is -0.493 e. The fourth-order valence-electron chi connectivity index (χ4n) is 1.66. The number of rotatable bonds is 4. The molecule has 1 saturated carbocycles. The predicted octanol–water partition coefficient (Wildman–Crippen LogP) is 2.46. The molecule has 0 aliphatic heterocycles. The van der Waals surface area contributed by atoms with Gasteiger partial charge >= 0.3 is 0 Å². The van der Waals surface area contributed by atoms with Crippen LogP contribution in [0.5, 0.6) is 5.75 Å². The fraction of sp³-hybridized carbons (Fsp3) is 0.500. The van der Waals surface area contributed by atoms with E-state index in [0.29, 0.717) is 23.8 Å². The van der Waals surface area contributed by atoms with Gasteiger partial charge < -0.3 is 10.5 Å². The van der Waals surface area contributed by atoms with Gasteiger partial charge in [0, 0.05) is 18.2 Å². The van der Waals surface area contributed by atoms with Gasteiger partial charge in [0.2, 0.25) is 0 Å². The Balaban J connectivity index is 1.93. The van der Waals surface area contributed by atoms with Gasteiger partial charge in [0.25, 0.3) is 0 Å². The second-order valence-electron chi connectivity index (χ2n) is 4.07. The largest absolute Gasteiger partial charge is 0.493 e. The van der Waals surface area contributed by atoms with E-state index >= 15 is 0 Å². The van der Waals surface area contributed by atoms with E-state index in [4.69, 9.17) is 10.5 Å². The molecule has 0 unspecified atom stereocenters. The first-order valence-electron chi connectivity index (χ1n) is 5.41. The van der Waals surface area contributed by atoms with E-state index in [-0.39, 0.29) is 12.4 Å². The van der Waals surface area contributed by atoms with Gasteiger partial charge in [-0.15, -0.1) is 0 Å². The molecule has 1 fully saturated rings. The topological polar surface area (TPSA) is 35.2 Å². The van der Waals surface area contributed by atoms with Gasteiger partial charge in [-0.1, -0.05) is 12.5 Å². The van der Waals surface area contributed by atoms with Crippen molar-refractivity contribution in [2.24, 2.45) is 11.7 Å². The van der Waals surface area contributed by atoms with Crippen LogP contribution in [0.1, 0.15) is 24.8 Å². The maximum absolute atomic E-state index is 13.3. The zero-order chi connectivity index (χ0) is 10.7. The van der Waals surface area contributed by atoms with Crippen LogP contribution in [-0.2, 0) is 6.54 Å². The molecule has 1 aromatic carbocycles. The van der Waals surface area contributed by atoms with Crippen LogP contribution in [-0.4, -0.2) is 6.61 Å². The molecule has 0 spiro atoms. The van der Waals surface area contributed by atoms with E-state index in [1.165, 1.54) is 25.3 Å². The molecular formula is C12H16FNO. The van der Waals surface area contributed by atoms with Gasteiger partial charge in [-0.2, -0.15) is 0 Å². The van der Waals surface area contributed by atoms with Crippen LogP contribution in [0.3, 0.4) is 0 Å². The third-order valence-electron chi connectivity index (χ3n) is 2.95. The number of halogens is 1. The summed E-state index contributed by atoms with van der Waals surface area (Å²) in [5.74, 6) is 1.00. The van der Waals surface area contributed by atoms with E-state index in [0.717, 1.165) is 0 Å². The van der Waals surface area contributed by atoms with E-state index < -0.39 is 0 Å². The third kappa shape index (κ3) is 2.48. The standard InChI is InChI=1S/C12H16FNO/c13-12-6-11(5-4-10(12)7-14)15-8-9-2-1-3-9/h4-6,9H,1-3,7-8,14H2. The lowest BCUT2D eigenvalue weighted by molar-refractivity contribution is 0.180. The molecule has 3 heteroatoms. The van der Waals surface area contributed by atoms with Crippen molar-refractivity contribution in [3.05, 3.63) is 29.6 Å². The highest BCUT2D eigenvalue weighted by molar-refractivity contribution is 5.28. The highest BCUT2D eigenvalue weighted by atomic mass is 19.1. The van der Waals surface area contributed by atoms with Gasteiger partial charge in [0.05, 0.1) is 6.61 Å². The summed E-state index contributed by atoms with van der Waals surface area (Å²) in [6.07, 6.45) is 3.78. The predicted molar refractivity (Wildman–Crippen MR) is 57.1 cm³/mol. The zero-order valence-corrected chi connectivity index (χ0v) is 8.71. The Morgan fingerprint density at radius 2 is 2.20 bits per heavy atom. The van der Waals surface area contributed by atoms with Gasteiger partial charge in [0.15, 0.2) is 0 Å². The second-order valence-corrected chi connectivity index (χ2v) is 4.07. The lowest BCUT2D eigenvalue weighted by atomic mass is 9.86. The summed E-state index contributed by atoms with van der Waals surface area (Å²) in [6, 6.07) is 4.89. The average molecular weight is 209 g/mol. The Bertz CT molecular complexity index is 336. The maximum atomic E-state index is 13.3. The van der Waals surface area contributed by atoms with E-state index in [9.17, 15) is 4.39 Å². The number of benzene rings is 1. The minimum atomic E-state index is -0.274. The Morgan fingerprint density at radius 3 is 2.73 bits per heavy atom. The summed E-state index contributed by atoms with van der Waals surface area (Å²) in [4.78, 5) is 0. The number of ether oxygens (including phenoxy) is 1. The molecule has 0 atom stereocenters. The van der Waals surface area contributed by atoms with Crippen LogP contribution in [0.25, 0.3) is 0 Å². The molecule has 15 heavy (non-hydrogen) atoms. The summed E-state index contributed by atoms with van der Waals surface area (Å²) >= 11 is 0. The van der Waals surface area contributed by atoms with Crippen molar-refractivity contribution in [1.29, 1.82) is 0 Å². The molecule has 1 aliphatic carbocycles. The minimum absolute atomic E-state index is 0.231. The molecular weight excluding hydrogens is 193 g/mol. The summed E-state index contributed by atoms with van der Waals surface area (Å²) in [5, 5.41) is 0. The smallest absolute Gasteiger partial charge is 0.131 e. The highest BCUT2D eigenvalue weighted by Crippen LogP contribution is 2.27. The van der Waals surface area contributed by atoms with Crippen molar-refractivity contribution in [3.63, 3.8) is 0 Å². The van der Waals surface area contributed by atoms with E-state index in [1.807, 2.05) is 0 Å². The zero-order valence-electron chi connectivity index (χ0n) is 8.71. The summed E-state index contributed by atoms with van der Waals surface area (Å²) < 4.78 is 18.8. The van der Waals surface area contributed by atoms with Crippen LogP contribution < -0.4 is 10.5 Å². The molecule has 0 aromatic heterocycles. The van der Waals surface area contributed by atoms with Crippen molar-refractivity contribution < 1.29 is 9.13 Å². The van der Waals surface area contributed by atoms with Crippen LogP contribution in [0.2, 0.25) is 0 Å². The summed E-state index contributed by atoms with van der Waals surface area (Å²) in [6.45, 7) is 0.941. The normalized spacial score (nSPS) is 16.1. The van der Waals surface area contributed by atoms with Gasteiger partial charge in [-0.05, 0) is 24.8 Å². The number of hydrogen-bond acceptors (Lipinski definition) is 2. The highest BCUT2D eigenvalue weighted by Gasteiger charge is 2.17. The molecule has 2 N–H and O–H groups in total. The van der Waals surface area contributed by atoms with Crippen molar-refractivity contribution in [2.75, 3.05) is 6.61 Å². The molecule has 2 rings (SSSR count). The van der Waals surface area contributed by atoms with Crippen LogP contribution in [0.4, 0.5) is 4.39 Å². The van der Waals surface area contributed by atoms with Gasteiger partial charge in [-0.3, -0.25) is 0 Å². The number of hydrogen-bond donors (Lipinski definition) is 1. The monoisotopic (exact) mass is 209 g/mol. The Morgan fingerprint density at radius 1 is 1.40 bits per heavy atom. The van der Waals surface area contributed by atoms with Crippen LogP contribution in [0.15, 0.2) is 18.2 Å². The first-order chi connectivity index (χ1) is 7.29. The first kappa shape index (κ1) is 10.4.